The van der Waals surface area contributed by atoms with E-state index in [-0.39, 0.29) is 18.1 Å². The van der Waals surface area contributed by atoms with Gasteiger partial charge in [-0.2, -0.15) is 4.98 Å². The molecule has 11 heteroatoms. The molecule has 0 radical (unpaired) electrons. The smallest absolute Gasteiger partial charge is 0.227 e. The highest BCUT2D eigenvalue weighted by molar-refractivity contribution is 7.98. The Bertz CT molecular complexity index is 1120. The van der Waals surface area contributed by atoms with E-state index in [9.17, 15) is 9.18 Å². The van der Waals surface area contributed by atoms with E-state index >= 15 is 0 Å². The van der Waals surface area contributed by atoms with Crippen molar-refractivity contribution >= 4 is 23.4 Å². The van der Waals surface area contributed by atoms with Crippen molar-refractivity contribution in [1.82, 2.24) is 30.3 Å². The first-order valence-corrected chi connectivity index (χ1v) is 9.97. The second-order valence-corrected chi connectivity index (χ2v) is 7.10. The van der Waals surface area contributed by atoms with E-state index in [0.29, 0.717) is 40.6 Å². The van der Waals surface area contributed by atoms with Gasteiger partial charge in [-0.3, -0.25) is 14.9 Å². The third kappa shape index (κ3) is 5.26. The maximum absolute atomic E-state index is 12.9. The van der Waals surface area contributed by atoms with E-state index in [0.717, 1.165) is 5.56 Å². The van der Waals surface area contributed by atoms with Gasteiger partial charge in [0.1, 0.15) is 5.82 Å². The number of aromatic nitrogens is 6. The van der Waals surface area contributed by atoms with Crippen molar-refractivity contribution in [1.29, 1.82) is 0 Å². The fraction of sp³-hybridized carbons (Fsp3) is 0.158. The standard InChI is InChI=1S/C19H16FN7O2S/c20-13-3-5-14(6-4-13)22-16(28)7-8-17-23-15(27-29-17)11-30-19-24-18(25-26-19)12-2-1-9-21-10-12/h1-6,9-10H,7-8,11H2,(H,22,28)(H,24,25,26). The molecule has 0 aliphatic heterocycles. The number of aryl methyl sites for hydroxylation is 1. The summed E-state index contributed by atoms with van der Waals surface area (Å²) in [7, 11) is 0. The summed E-state index contributed by atoms with van der Waals surface area (Å²) in [5, 5.41) is 14.2. The maximum atomic E-state index is 12.9. The molecule has 0 unspecified atom stereocenters. The third-order valence-corrected chi connectivity index (χ3v) is 4.78. The fourth-order valence-electron chi connectivity index (χ4n) is 2.50. The van der Waals surface area contributed by atoms with Gasteiger partial charge in [-0.05, 0) is 36.4 Å². The summed E-state index contributed by atoms with van der Waals surface area (Å²) in [6, 6.07) is 9.28. The van der Waals surface area contributed by atoms with Crippen molar-refractivity contribution in [3.05, 3.63) is 66.3 Å². The van der Waals surface area contributed by atoms with Gasteiger partial charge in [0, 0.05) is 36.5 Å². The first-order valence-electron chi connectivity index (χ1n) is 8.98. The Balaban J connectivity index is 1.25. The maximum Gasteiger partial charge on any atom is 0.227 e. The number of amides is 1. The summed E-state index contributed by atoms with van der Waals surface area (Å²) in [6.07, 6.45) is 3.86. The average molecular weight is 425 g/mol. The molecule has 0 fully saturated rings. The minimum Gasteiger partial charge on any atom is -0.339 e. The van der Waals surface area contributed by atoms with Gasteiger partial charge in [-0.15, -0.1) is 5.10 Å². The van der Waals surface area contributed by atoms with Gasteiger partial charge < -0.3 is 9.84 Å². The molecule has 3 aromatic heterocycles. The SMILES string of the molecule is O=C(CCc1nc(CSc2n[nH]c(-c3cccnc3)n2)no1)Nc1ccc(F)cc1. The van der Waals surface area contributed by atoms with E-state index in [1.54, 1.807) is 12.4 Å². The number of anilines is 1. The second-order valence-electron chi connectivity index (χ2n) is 6.16. The van der Waals surface area contributed by atoms with Crippen LogP contribution < -0.4 is 5.32 Å². The molecule has 30 heavy (non-hydrogen) atoms. The average Bonchev–Trinajstić information content (AvgIpc) is 3.43. The quantitative estimate of drug-likeness (QED) is 0.413. The first kappa shape index (κ1) is 19.7. The third-order valence-electron chi connectivity index (χ3n) is 3.93. The Labute approximate surface area is 174 Å². The lowest BCUT2D eigenvalue weighted by Gasteiger charge is -2.03. The van der Waals surface area contributed by atoms with Crippen LogP contribution in [0, 0.1) is 5.82 Å². The van der Waals surface area contributed by atoms with Crippen LogP contribution in [0.4, 0.5) is 10.1 Å². The Kier molecular flexibility index (Phi) is 6.09. The molecule has 0 atom stereocenters. The van der Waals surface area contributed by atoms with E-state index in [2.05, 4.69) is 35.6 Å². The molecule has 0 aliphatic carbocycles. The van der Waals surface area contributed by atoms with Crippen molar-refractivity contribution in [3.63, 3.8) is 0 Å². The Morgan fingerprint density at radius 2 is 2.07 bits per heavy atom. The van der Waals surface area contributed by atoms with E-state index in [1.807, 2.05) is 12.1 Å². The monoisotopic (exact) mass is 425 g/mol. The van der Waals surface area contributed by atoms with Gasteiger partial charge in [0.05, 0.1) is 5.75 Å². The first-order chi connectivity index (χ1) is 14.7. The summed E-state index contributed by atoms with van der Waals surface area (Å²) >= 11 is 1.36. The Morgan fingerprint density at radius 3 is 2.87 bits per heavy atom. The van der Waals surface area contributed by atoms with Gasteiger partial charge in [0.15, 0.2) is 11.6 Å². The largest absolute Gasteiger partial charge is 0.339 e. The molecular weight excluding hydrogens is 409 g/mol. The highest BCUT2D eigenvalue weighted by atomic mass is 32.2. The molecule has 0 saturated carbocycles. The number of carbonyl (C=O) groups excluding carboxylic acids is 1. The van der Waals surface area contributed by atoms with Gasteiger partial charge in [-0.1, -0.05) is 16.9 Å². The molecule has 2 N–H and O–H groups in total. The van der Waals surface area contributed by atoms with Gasteiger partial charge in [0.25, 0.3) is 0 Å². The molecule has 0 saturated heterocycles. The van der Waals surface area contributed by atoms with Crippen LogP contribution in [0.15, 0.2) is 58.5 Å². The number of carbonyl (C=O) groups is 1. The zero-order chi connectivity index (χ0) is 20.8. The molecule has 4 rings (SSSR count). The Morgan fingerprint density at radius 1 is 1.20 bits per heavy atom. The fourth-order valence-corrected chi connectivity index (χ4v) is 3.14. The molecule has 3 heterocycles. The van der Waals surface area contributed by atoms with Crippen molar-refractivity contribution in [2.45, 2.75) is 23.8 Å². The summed E-state index contributed by atoms with van der Waals surface area (Å²) in [4.78, 5) is 24.7. The number of benzene rings is 1. The molecule has 1 aromatic carbocycles. The number of rotatable bonds is 8. The minimum atomic E-state index is -0.359. The van der Waals surface area contributed by atoms with Crippen LogP contribution in [0.2, 0.25) is 0 Å². The van der Waals surface area contributed by atoms with E-state index < -0.39 is 0 Å². The number of hydrogen-bond acceptors (Lipinski definition) is 8. The van der Waals surface area contributed by atoms with Gasteiger partial charge in [-0.25, -0.2) is 9.37 Å². The van der Waals surface area contributed by atoms with Crippen molar-refractivity contribution in [2.75, 3.05) is 5.32 Å². The van der Waals surface area contributed by atoms with Crippen LogP contribution in [0.5, 0.6) is 0 Å². The molecule has 9 nitrogen and oxygen atoms in total. The normalized spacial score (nSPS) is 10.8. The number of halogens is 1. The zero-order valence-corrected chi connectivity index (χ0v) is 16.4. The highest BCUT2D eigenvalue weighted by Crippen LogP contribution is 2.21. The zero-order valence-electron chi connectivity index (χ0n) is 15.6. The highest BCUT2D eigenvalue weighted by Gasteiger charge is 2.12. The van der Waals surface area contributed by atoms with Crippen molar-refractivity contribution in [2.24, 2.45) is 0 Å². The number of H-pyrrole nitrogens is 1. The summed E-state index contributed by atoms with van der Waals surface area (Å²) in [5.74, 6) is 1.33. The molecule has 4 aromatic rings. The van der Waals surface area contributed by atoms with Gasteiger partial charge in [0.2, 0.25) is 17.0 Å². The minimum absolute atomic E-state index is 0.168. The lowest BCUT2D eigenvalue weighted by molar-refractivity contribution is -0.116. The molecular formula is C19H16FN7O2S. The van der Waals surface area contributed by atoms with Crippen LogP contribution in [-0.4, -0.2) is 36.2 Å². The Hall–Kier alpha value is -3.60. The van der Waals surface area contributed by atoms with E-state index in [1.165, 1.54) is 36.0 Å². The van der Waals surface area contributed by atoms with Crippen LogP contribution in [0.1, 0.15) is 18.1 Å². The van der Waals surface area contributed by atoms with Crippen LogP contribution >= 0.6 is 11.8 Å². The summed E-state index contributed by atoms with van der Waals surface area (Å²) in [5.41, 5.74) is 1.37. The lowest BCUT2D eigenvalue weighted by atomic mass is 10.2. The van der Waals surface area contributed by atoms with Crippen LogP contribution in [0.25, 0.3) is 11.4 Å². The molecule has 152 valence electrons. The number of nitrogens with one attached hydrogen (secondary N) is 2. The van der Waals surface area contributed by atoms with E-state index in [4.69, 9.17) is 4.52 Å². The number of hydrogen-bond donors (Lipinski definition) is 2. The van der Waals surface area contributed by atoms with Crippen molar-refractivity contribution < 1.29 is 13.7 Å². The van der Waals surface area contributed by atoms with Crippen molar-refractivity contribution in [3.8, 4) is 11.4 Å². The number of aromatic amines is 1. The van der Waals surface area contributed by atoms with Crippen LogP contribution in [0.3, 0.4) is 0 Å². The second kappa shape index (κ2) is 9.27. The molecule has 0 aliphatic rings. The molecule has 0 spiro atoms. The topological polar surface area (TPSA) is 122 Å². The number of thioether (sulfide) groups is 1. The summed E-state index contributed by atoms with van der Waals surface area (Å²) in [6.45, 7) is 0. The predicted molar refractivity (Wildman–Crippen MR) is 107 cm³/mol. The predicted octanol–water partition coefficient (Wildman–Crippen LogP) is 3.25. The molecule has 1 amide bonds. The summed E-state index contributed by atoms with van der Waals surface area (Å²) < 4.78 is 18.1. The number of nitrogens with zero attached hydrogens (tertiary/aromatic N) is 5. The number of pyridine rings is 1. The van der Waals surface area contributed by atoms with Crippen LogP contribution in [-0.2, 0) is 17.0 Å². The van der Waals surface area contributed by atoms with Gasteiger partial charge >= 0.3 is 0 Å². The lowest BCUT2D eigenvalue weighted by Crippen LogP contribution is -2.12. The molecule has 0 bridgehead atoms.